The molecule has 1 unspecified atom stereocenters. The Morgan fingerprint density at radius 1 is 0.733 bits per heavy atom. The minimum absolute atomic E-state index is 0.346. The van der Waals surface area contributed by atoms with Gasteiger partial charge in [-0.15, -0.1) is 0 Å². The predicted octanol–water partition coefficient (Wildman–Crippen LogP) is 5.83. The number of benzene rings is 2. The Bertz CT molecular complexity index is 743. The maximum atomic E-state index is 6.06. The van der Waals surface area contributed by atoms with Gasteiger partial charge in [0, 0.05) is 6.54 Å². The molecule has 2 aromatic carbocycles. The van der Waals surface area contributed by atoms with E-state index in [1.165, 1.54) is 87.9 Å². The van der Waals surface area contributed by atoms with Crippen LogP contribution in [0.1, 0.15) is 67.7 Å². The van der Waals surface area contributed by atoms with Crippen LogP contribution in [0.15, 0.2) is 48.5 Å². The van der Waals surface area contributed by atoms with Crippen LogP contribution in [0.3, 0.4) is 0 Å². The van der Waals surface area contributed by atoms with Crippen LogP contribution in [0.4, 0.5) is 0 Å². The lowest BCUT2D eigenvalue weighted by molar-refractivity contribution is 0.187. The fourth-order valence-corrected chi connectivity index (χ4v) is 4.95. The van der Waals surface area contributed by atoms with Crippen LogP contribution in [0.5, 0.6) is 5.75 Å². The summed E-state index contributed by atoms with van der Waals surface area (Å²) in [5, 5.41) is 0. The highest BCUT2D eigenvalue weighted by molar-refractivity contribution is 5.36. The Kier molecular flexibility index (Phi) is 7.82. The van der Waals surface area contributed by atoms with Crippen molar-refractivity contribution >= 4 is 0 Å². The molecule has 0 saturated carbocycles. The van der Waals surface area contributed by atoms with Gasteiger partial charge in [0.2, 0.25) is 0 Å². The van der Waals surface area contributed by atoms with Gasteiger partial charge in [0.1, 0.15) is 5.75 Å². The zero-order valence-electron chi connectivity index (χ0n) is 18.7. The zero-order chi connectivity index (χ0) is 20.6. The van der Waals surface area contributed by atoms with E-state index in [-0.39, 0.29) is 0 Å². The van der Waals surface area contributed by atoms with Gasteiger partial charge in [-0.2, -0.15) is 0 Å². The van der Waals surface area contributed by atoms with Gasteiger partial charge in [-0.1, -0.05) is 54.8 Å². The van der Waals surface area contributed by atoms with E-state index in [9.17, 15) is 0 Å². The summed E-state index contributed by atoms with van der Waals surface area (Å²) in [6.07, 6.45) is 9.22. The molecule has 4 rings (SSSR count). The molecular weight excluding hydrogens is 368 g/mol. The second-order valence-corrected chi connectivity index (χ2v) is 9.08. The molecule has 0 spiro atoms. The molecule has 2 heterocycles. The minimum atomic E-state index is 0.346. The lowest BCUT2D eigenvalue weighted by atomic mass is 9.94. The predicted molar refractivity (Wildman–Crippen MR) is 125 cm³/mol. The molecule has 2 fully saturated rings. The van der Waals surface area contributed by atoms with Crippen LogP contribution in [0.25, 0.3) is 0 Å². The van der Waals surface area contributed by atoms with Crippen molar-refractivity contribution in [2.45, 2.75) is 57.9 Å². The van der Waals surface area contributed by atoms with E-state index in [1.807, 2.05) is 0 Å². The lowest BCUT2D eigenvalue weighted by Gasteiger charge is -2.35. The second kappa shape index (κ2) is 11.0. The summed E-state index contributed by atoms with van der Waals surface area (Å²) < 4.78 is 6.06. The van der Waals surface area contributed by atoms with Crippen LogP contribution < -0.4 is 4.74 Å². The Hall–Kier alpha value is -1.84. The Balaban J connectivity index is 1.37. The molecule has 0 bridgehead atoms. The second-order valence-electron chi connectivity index (χ2n) is 9.08. The van der Waals surface area contributed by atoms with Gasteiger partial charge in [-0.3, -0.25) is 4.90 Å². The summed E-state index contributed by atoms with van der Waals surface area (Å²) in [7, 11) is 0. The number of hydrogen-bond acceptors (Lipinski definition) is 3. The molecule has 3 heteroatoms. The van der Waals surface area contributed by atoms with Gasteiger partial charge in [-0.25, -0.2) is 0 Å². The maximum Gasteiger partial charge on any atom is 0.119 e. The molecule has 0 N–H and O–H groups in total. The van der Waals surface area contributed by atoms with Crippen LogP contribution in [0, 0.1) is 6.92 Å². The number of rotatable bonds is 8. The number of nitrogens with zero attached hydrogens (tertiary/aromatic N) is 2. The summed E-state index contributed by atoms with van der Waals surface area (Å²) in [4.78, 5) is 5.24. The van der Waals surface area contributed by atoms with Crippen molar-refractivity contribution in [3.63, 3.8) is 0 Å². The quantitative estimate of drug-likeness (QED) is 0.513. The van der Waals surface area contributed by atoms with E-state index in [2.05, 4.69) is 65.3 Å². The third-order valence-electron chi connectivity index (χ3n) is 6.68. The van der Waals surface area contributed by atoms with Gasteiger partial charge >= 0.3 is 0 Å². The van der Waals surface area contributed by atoms with Crippen molar-refractivity contribution < 1.29 is 4.74 Å². The number of aryl methyl sites for hydroxylation is 1. The molecule has 0 aliphatic carbocycles. The summed E-state index contributed by atoms with van der Waals surface area (Å²) in [5.41, 5.74) is 4.10. The van der Waals surface area contributed by atoms with E-state index in [1.54, 1.807) is 0 Å². The molecule has 162 valence electrons. The summed E-state index contributed by atoms with van der Waals surface area (Å²) in [5.74, 6) is 0.999. The highest BCUT2D eigenvalue weighted by atomic mass is 16.5. The van der Waals surface area contributed by atoms with Crippen molar-refractivity contribution in [3.8, 4) is 5.75 Å². The third-order valence-corrected chi connectivity index (χ3v) is 6.68. The van der Waals surface area contributed by atoms with Crippen molar-refractivity contribution in [1.82, 2.24) is 9.80 Å². The number of ether oxygens (including phenoxy) is 1. The van der Waals surface area contributed by atoms with Crippen LogP contribution >= 0.6 is 0 Å². The smallest absolute Gasteiger partial charge is 0.119 e. The molecule has 0 radical (unpaired) electrons. The number of piperidine rings is 2. The molecule has 30 heavy (non-hydrogen) atoms. The van der Waals surface area contributed by atoms with E-state index in [0.29, 0.717) is 6.04 Å². The summed E-state index contributed by atoms with van der Waals surface area (Å²) in [6.45, 7) is 9.06. The lowest BCUT2D eigenvalue weighted by Crippen LogP contribution is -2.34. The standard InChI is InChI=1S/C27H38N2O/c1-23-9-11-24(12-10-23)27(29-20-6-3-7-21-29)25-13-15-26(16-14-25)30-22-8-19-28-17-4-2-5-18-28/h9-16,27H,2-8,17-22H2,1H3. The topological polar surface area (TPSA) is 15.7 Å². The maximum absolute atomic E-state index is 6.06. The minimum Gasteiger partial charge on any atom is -0.494 e. The normalized spacial score (nSPS) is 19.5. The largest absolute Gasteiger partial charge is 0.494 e. The first-order valence-electron chi connectivity index (χ1n) is 12.1. The molecule has 2 aliphatic rings. The van der Waals surface area contributed by atoms with Gasteiger partial charge < -0.3 is 9.64 Å². The molecule has 2 aliphatic heterocycles. The molecular formula is C27H38N2O. The third kappa shape index (κ3) is 5.86. The average Bonchev–Trinajstić information content (AvgIpc) is 2.81. The van der Waals surface area contributed by atoms with E-state index < -0.39 is 0 Å². The van der Waals surface area contributed by atoms with E-state index >= 15 is 0 Å². The Labute approximate surface area is 183 Å². The molecule has 0 aromatic heterocycles. The van der Waals surface area contributed by atoms with Gasteiger partial charge in [0.15, 0.2) is 0 Å². The fraction of sp³-hybridized carbons (Fsp3) is 0.556. The Morgan fingerprint density at radius 2 is 1.30 bits per heavy atom. The molecule has 2 aromatic rings. The van der Waals surface area contributed by atoms with Gasteiger partial charge in [0.05, 0.1) is 12.6 Å². The van der Waals surface area contributed by atoms with Crippen LogP contribution in [-0.2, 0) is 0 Å². The van der Waals surface area contributed by atoms with Crippen molar-refractivity contribution in [3.05, 3.63) is 65.2 Å². The van der Waals surface area contributed by atoms with Crippen molar-refractivity contribution in [2.24, 2.45) is 0 Å². The number of likely N-dealkylation sites (tertiary alicyclic amines) is 2. The molecule has 1 atom stereocenters. The van der Waals surface area contributed by atoms with Crippen molar-refractivity contribution in [1.29, 1.82) is 0 Å². The highest BCUT2D eigenvalue weighted by Crippen LogP contribution is 2.32. The van der Waals surface area contributed by atoms with Crippen molar-refractivity contribution in [2.75, 3.05) is 39.3 Å². The monoisotopic (exact) mass is 406 g/mol. The first kappa shape index (κ1) is 21.4. The van der Waals surface area contributed by atoms with Gasteiger partial charge in [-0.05, 0) is 88.5 Å². The molecule has 3 nitrogen and oxygen atoms in total. The highest BCUT2D eigenvalue weighted by Gasteiger charge is 2.24. The summed E-state index contributed by atoms with van der Waals surface area (Å²) in [6, 6.07) is 18.3. The van der Waals surface area contributed by atoms with Crippen LogP contribution in [0.2, 0.25) is 0 Å². The average molecular weight is 407 g/mol. The first-order chi connectivity index (χ1) is 14.8. The first-order valence-corrected chi connectivity index (χ1v) is 12.1. The van der Waals surface area contributed by atoms with Gasteiger partial charge in [0.25, 0.3) is 0 Å². The fourth-order valence-electron chi connectivity index (χ4n) is 4.95. The van der Waals surface area contributed by atoms with Crippen LogP contribution in [-0.4, -0.2) is 49.1 Å². The Morgan fingerprint density at radius 3 is 1.93 bits per heavy atom. The number of hydrogen-bond donors (Lipinski definition) is 0. The molecule has 2 saturated heterocycles. The van der Waals surface area contributed by atoms with E-state index in [0.717, 1.165) is 18.8 Å². The zero-order valence-corrected chi connectivity index (χ0v) is 18.7. The SMILES string of the molecule is Cc1ccc(C(c2ccc(OCCCN3CCCCC3)cc2)N2CCCCC2)cc1. The summed E-state index contributed by atoms with van der Waals surface area (Å²) >= 11 is 0. The molecule has 0 amide bonds. The van der Waals surface area contributed by atoms with E-state index in [4.69, 9.17) is 4.74 Å².